The highest BCUT2D eigenvalue weighted by atomic mass is 35.5. The molecule has 1 N–H and O–H groups in total. The van der Waals surface area contributed by atoms with Gasteiger partial charge in [0.25, 0.3) is 5.91 Å². The number of fused-ring (bicyclic) bond motifs is 1. The van der Waals surface area contributed by atoms with E-state index < -0.39 is 0 Å². The quantitative estimate of drug-likeness (QED) is 0.853. The van der Waals surface area contributed by atoms with E-state index in [1.54, 1.807) is 0 Å². The highest BCUT2D eigenvalue weighted by Crippen LogP contribution is 2.33. The molecule has 0 aliphatic carbocycles. The van der Waals surface area contributed by atoms with E-state index in [0.29, 0.717) is 11.6 Å². The maximum atomic E-state index is 13.2. The van der Waals surface area contributed by atoms with Crippen LogP contribution in [0.1, 0.15) is 28.5 Å². The molecule has 0 radical (unpaired) electrons. The number of benzene rings is 2. The van der Waals surface area contributed by atoms with Crippen molar-refractivity contribution < 1.29 is 9.53 Å². The van der Waals surface area contributed by atoms with E-state index in [1.807, 2.05) is 53.4 Å². The van der Waals surface area contributed by atoms with Crippen molar-refractivity contribution in [1.82, 2.24) is 9.80 Å². The third-order valence-corrected chi connectivity index (χ3v) is 5.40. The number of carbonyl (C=O) groups is 1. The van der Waals surface area contributed by atoms with Crippen molar-refractivity contribution in [1.29, 1.82) is 0 Å². The Hall–Kier alpha value is -2.08. The number of hydrogen-bond donors (Lipinski definition) is 1. The first-order chi connectivity index (χ1) is 13.2. The van der Waals surface area contributed by atoms with Gasteiger partial charge in [-0.3, -0.25) is 9.69 Å². The molecule has 6 heteroatoms. The van der Waals surface area contributed by atoms with Crippen molar-refractivity contribution >= 4 is 23.2 Å². The average Bonchev–Trinajstić information content (AvgIpc) is 2.70. The second-order valence-corrected chi connectivity index (χ2v) is 7.39. The lowest BCUT2D eigenvalue weighted by Gasteiger charge is -2.38. The van der Waals surface area contributed by atoms with Gasteiger partial charge in [0, 0.05) is 36.9 Å². The number of carbonyl (C=O) groups excluding carboxylic acids is 1. The first-order valence-corrected chi connectivity index (χ1v) is 9.82. The highest BCUT2D eigenvalue weighted by molar-refractivity contribution is 6.30. The monoisotopic (exact) mass is 385 g/mol. The summed E-state index contributed by atoms with van der Waals surface area (Å²) in [4.78, 5) is 17.5. The second kappa shape index (κ2) is 8.30. The predicted molar refractivity (Wildman–Crippen MR) is 107 cm³/mol. The van der Waals surface area contributed by atoms with Crippen molar-refractivity contribution in [3.8, 4) is 0 Å². The van der Waals surface area contributed by atoms with Crippen LogP contribution in [-0.4, -0.2) is 55.1 Å². The summed E-state index contributed by atoms with van der Waals surface area (Å²) in [5.41, 5.74) is 2.59. The van der Waals surface area contributed by atoms with Crippen LogP contribution in [0.25, 0.3) is 0 Å². The molecule has 2 aliphatic rings. The van der Waals surface area contributed by atoms with E-state index in [2.05, 4.69) is 10.2 Å². The second-order valence-electron chi connectivity index (χ2n) is 6.95. The van der Waals surface area contributed by atoms with E-state index in [9.17, 15) is 4.79 Å². The maximum Gasteiger partial charge on any atom is 0.257 e. The molecule has 0 spiro atoms. The van der Waals surface area contributed by atoms with Crippen LogP contribution in [0.15, 0.2) is 48.5 Å². The molecular weight excluding hydrogens is 362 g/mol. The lowest BCUT2D eigenvalue weighted by Crippen LogP contribution is -2.44. The number of nitrogens with zero attached hydrogens (tertiary/aromatic N) is 2. The topological polar surface area (TPSA) is 44.8 Å². The van der Waals surface area contributed by atoms with Gasteiger partial charge in [-0.2, -0.15) is 0 Å². The number of halogens is 1. The Morgan fingerprint density at radius 1 is 1.07 bits per heavy atom. The van der Waals surface area contributed by atoms with Gasteiger partial charge in [0.15, 0.2) is 0 Å². The van der Waals surface area contributed by atoms with Gasteiger partial charge < -0.3 is 15.0 Å². The minimum atomic E-state index is -0.212. The number of amides is 1. The van der Waals surface area contributed by atoms with Crippen LogP contribution < -0.4 is 5.32 Å². The van der Waals surface area contributed by atoms with Crippen LogP contribution in [-0.2, 0) is 4.74 Å². The highest BCUT2D eigenvalue weighted by Gasteiger charge is 2.32. The predicted octanol–water partition coefficient (Wildman–Crippen LogP) is 3.63. The lowest BCUT2D eigenvalue weighted by molar-refractivity contribution is 0.0348. The molecule has 1 atom stereocenters. The number of para-hydroxylation sites is 1. The zero-order chi connectivity index (χ0) is 18.6. The molecule has 2 aliphatic heterocycles. The summed E-state index contributed by atoms with van der Waals surface area (Å²) in [7, 11) is 0. The van der Waals surface area contributed by atoms with Crippen molar-refractivity contribution in [3.05, 3.63) is 64.7 Å². The van der Waals surface area contributed by atoms with Gasteiger partial charge in [-0.05, 0) is 36.2 Å². The summed E-state index contributed by atoms with van der Waals surface area (Å²) >= 11 is 6.20. The molecular formula is C21H24ClN3O2. The van der Waals surface area contributed by atoms with Gasteiger partial charge in [0.2, 0.25) is 0 Å². The number of nitrogens with one attached hydrogen (secondary N) is 1. The molecule has 1 fully saturated rings. The Bertz CT molecular complexity index is 808. The van der Waals surface area contributed by atoms with Crippen LogP contribution >= 0.6 is 11.6 Å². The number of morpholine rings is 1. The molecule has 4 rings (SSSR count). The summed E-state index contributed by atoms with van der Waals surface area (Å²) in [5, 5.41) is 4.20. The van der Waals surface area contributed by atoms with E-state index in [1.165, 1.54) is 0 Å². The molecule has 2 heterocycles. The van der Waals surface area contributed by atoms with Crippen molar-refractivity contribution in [3.63, 3.8) is 0 Å². The standard InChI is InChI=1S/C21H24ClN3O2/c22-17-6-3-5-16(15-17)20-23-19-8-2-1-7-18(19)21(26)25(20)10-4-9-24-11-13-27-14-12-24/h1-3,5-8,15,20,23H,4,9-14H2/t20-/m1/s1. The fraction of sp³-hybridized carbons (Fsp3) is 0.381. The van der Waals surface area contributed by atoms with E-state index in [4.69, 9.17) is 16.3 Å². The van der Waals surface area contributed by atoms with Crippen molar-refractivity contribution in [2.24, 2.45) is 0 Å². The van der Waals surface area contributed by atoms with Gasteiger partial charge in [-0.1, -0.05) is 35.9 Å². The van der Waals surface area contributed by atoms with Crippen LogP contribution in [0.5, 0.6) is 0 Å². The Morgan fingerprint density at radius 2 is 1.89 bits per heavy atom. The number of hydrogen-bond acceptors (Lipinski definition) is 4. The summed E-state index contributed by atoms with van der Waals surface area (Å²) in [6.45, 7) is 5.18. The molecule has 2 aromatic rings. The normalized spacial score (nSPS) is 20.3. The molecule has 1 saturated heterocycles. The van der Waals surface area contributed by atoms with Crippen molar-refractivity contribution in [2.45, 2.75) is 12.6 Å². The number of ether oxygens (including phenoxy) is 1. The third kappa shape index (κ3) is 4.10. The maximum absolute atomic E-state index is 13.2. The molecule has 5 nitrogen and oxygen atoms in total. The summed E-state index contributed by atoms with van der Waals surface area (Å²) in [6.07, 6.45) is 0.711. The van der Waals surface area contributed by atoms with Gasteiger partial charge in [0.05, 0.1) is 18.8 Å². The zero-order valence-corrected chi connectivity index (χ0v) is 16.0. The molecule has 0 aromatic heterocycles. The van der Waals surface area contributed by atoms with Crippen LogP contribution in [0.2, 0.25) is 5.02 Å². The molecule has 27 heavy (non-hydrogen) atoms. The van der Waals surface area contributed by atoms with E-state index >= 15 is 0 Å². The van der Waals surface area contributed by atoms with E-state index in [-0.39, 0.29) is 12.1 Å². The summed E-state index contributed by atoms with van der Waals surface area (Å²) in [6, 6.07) is 15.4. The van der Waals surface area contributed by atoms with Crippen LogP contribution in [0.3, 0.4) is 0 Å². The molecule has 0 unspecified atom stereocenters. The third-order valence-electron chi connectivity index (χ3n) is 5.16. The first-order valence-electron chi connectivity index (χ1n) is 9.44. The number of rotatable bonds is 5. The molecule has 1 amide bonds. The summed E-state index contributed by atoms with van der Waals surface area (Å²) in [5.74, 6) is 0.0660. The lowest BCUT2D eigenvalue weighted by atomic mass is 10.0. The summed E-state index contributed by atoms with van der Waals surface area (Å²) < 4.78 is 5.41. The minimum absolute atomic E-state index is 0.0660. The Labute approximate surface area is 164 Å². The molecule has 0 bridgehead atoms. The fourth-order valence-corrected chi connectivity index (χ4v) is 3.95. The first kappa shape index (κ1) is 18.3. The fourth-order valence-electron chi connectivity index (χ4n) is 3.75. The number of anilines is 1. The van der Waals surface area contributed by atoms with Gasteiger partial charge >= 0.3 is 0 Å². The molecule has 2 aromatic carbocycles. The van der Waals surface area contributed by atoms with Crippen LogP contribution in [0.4, 0.5) is 5.69 Å². The average molecular weight is 386 g/mol. The van der Waals surface area contributed by atoms with Crippen LogP contribution in [0, 0.1) is 0 Å². The van der Waals surface area contributed by atoms with Gasteiger partial charge in [0.1, 0.15) is 6.17 Å². The SMILES string of the molecule is O=C1c2ccccc2N[C@@H](c2cccc(Cl)c2)N1CCCN1CCOCC1. The van der Waals surface area contributed by atoms with Gasteiger partial charge in [-0.15, -0.1) is 0 Å². The Morgan fingerprint density at radius 3 is 2.70 bits per heavy atom. The van der Waals surface area contributed by atoms with Gasteiger partial charge in [-0.25, -0.2) is 0 Å². The van der Waals surface area contributed by atoms with E-state index in [0.717, 1.165) is 56.1 Å². The molecule has 142 valence electrons. The molecule has 0 saturated carbocycles. The smallest absolute Gasteiger partial charge is 0.257 e. The van der Waals surface area contributed by atoms with Crippen molar-refractivity contribution in [2.75, 3.05) is 44.7 Å². The Balaban J connectivity index is 1.54. The minimum Gasteiger partial charge on any atom is -0.379 e. The zero-order valence-electron chi connectivity index (χ0n) is 15.2. The largest absolute Gasteiger partial charge is 0.379 e. The Kier molecular flexibility index (Phi) is 5.62.